The highest BCUT2D eigenvalue weighted by atomic mass is 32.2. The Morgan fingerprint density at radius 3 is 2.86 bits per heavy atom. The second kappa shape index (κ2) is 7.44. The van der Waals surface area contributed by atoms with E-state index in [0.29, 0.717) is 0 Å². The summed E-state index contributed by atoms with van der Waals surface area (Å²) in [4.78, 5) is 15.2. The van der Waals surface area contributed by atoms with Crippen molar-refractivity contribution in [2.24, 2.45) is 5.16 Å². The van der Waals surface area contributed by atoms with E-state index in [1.807, 2.05) is 0 Å². The summed E-state index contributed by atoms with van der Waals surface area (Å²) in [5, 5.41) is 12.1. The zero-order valence-corrected chi connectivity index (χ0v) is 9.21. The summed E-state index contributed by atoms with van der Waals surface area (Å²) >= 11 is 1.51. The molecule has 1 unspecified atom stereocenters. The number of carboxylic acids is 1. The first-order valence-electron chi connectivity index (χ1n) is 4.20. The third-order valence-corrected chi connectivity index (χ3v) is 2.68. The summed E-state index contributed by atoms with van der Waals surface area (Å²) in [7, 11) is 1.34. The Labute approximate surface area is 88.0 Å². The predicted molar refractivity (Wildman–Crippen MR) is 58.8 cm³/mol. The molecule has 0 saturated carbocycles. The Balaban J connectivity index is 4.16. The van der Waals surface area contributed by atoms with Crippen molar-refractivity contribution in [2.45, 2.75) is 18.6 Å². The summed E-state index contributed by atoms with van der Waals surface area (Å²) in [5.41, 5.74) is 0.0431. The van der Waals surface area contributed by atoms with E-state index in [0.717, 1.165) is 12.2 Å². The van der Waals surface area contributed by atoms with Gasteiger partial charge in [-0.25, -0.2) is 4.79 Å². The topological polar surface area (TPSA) is 58.9 Å². The third kappa shape index (κ3) is 4.91. The summed E-state index contributed by atoms with van der Waals surface area (Å²) < 4.78 is 0. The van der Waals surface area contributed by atoms with Gasteiger partial charge in [0.25, 0.3) is 0 Å². The maximum Gasteiger partial charge on any atom is 0.354 e. The van der Waals surface area contributed by atoms with Crippen molar-refractivity contribution in [3.8, 4) is 0 Å². The molecule has 80 valence electrons. The SMILES string of the molecule is C=CCCSC(C)C(=NOC)C(=O)O. The fraction of sp³-hybridized carbons (Fsp3) is 0.556. The number of hydrogen-bond acceptors (Lipinski definition) is 4. The monoisotopic (exact) mass is 217 g/mol. The van der Waals surface area contributed by atoms with Crippen molar-refractivity contribution in [1.29, 1.82) is 0 Å². The molecule has 0 aliphatic heterocycles. The predicted octanol–water partition coefficient (Wildman–Crippen LogP) is 1.77. The summed E-state index contributed by atoms with van der Waals surface area (Å²) in [5.74, 6) is -0.203. The van der Waals surface area contributed by atoms with Gasteiger partial charge in [0.1, 0.15) is 7.11 Å². The molecule has 4 nitrogen and oxygen atoms in total. The van der Waals surface area contributed by atoms with E-state index in [1.54, 1.807) is 13.0 Å². The van der Waals surface area contributed by atoms with E-state index in [-0.39, 0.29) is 11.0 Å². The number of nitrogens with zero attached hydrogens (tertiary/aromatic N) is 1. The molecule has 1 atom stereocenters. The van der Waals surface area contributed by atoms with Crippen LogP contribution in [-0.4, -0.2) is 34.9 Å². The van der Waals surface area contributed by atoms with Gasteiger partial charge in [-0.15, -0.1) is 6.58 Å². The number of carbonyl (C=O) groups is 1. The molecule has 0 aliphatic carbocycles. The van der Waals surface area contributed by atoms with E-state index in [1.165, 1.54) is 18.9 Å². The Morgan fingerprint density at radius 2 is 2.43 bits per heavy atom. The Bertz CT molecular complexity index is 228. The maximum absolute atomic E-state index is 10.7. The minimum Gasteiger partial charge on any atom is -0.477 e. The van der Waals surface area contributed by atoms with E-state index >= 15 is 0 Å². The van der Waals surface area contributed by atoms with Gasteiger partial charge < -0.3 is 9.94 Å². The number of allylic oxidation sites excluding steroid dienone is 1. The molecular formula is C9H15NO3S. The van der Waals surface area contributed by atoms with Crippen LogP contribution in [-0.2, 0) is 9.63 Å². The van der Waals surface area contributed by atoms with Crippen LogP contribution >= 0.6 is 11.8 Å². The molecule has 5 heteroatoms. The minimum atomic E-state index is -1.04. The van der Waals surface area contributed by atoms with Gasteiger partial charge >= 0.3 is 5.97 Å². The fourth-order valence-corrected chi connectivity index (χ4v) is 1.75. The molecule has 0 aromatic rings. The highest BCUT2D eigenvalue weighted by molar-refractivity contribution is 8.00. The molecule has 0 spiro atoms. The maximum atomic E-state index is 10.7. The summed E-state index contributed by atoms with van der Waals surface area (Å²) in [6, 6.07) is 0. The van der Waals surface area contributed by atoms with Crippen LogP contribution in [0.25, 0.3) is 0 Å². The average Bonchev–Trinajstić information content (AvgIpc) is 2.13. The Morgan fingerprint density at radius 1 is 1.79 bits per heavy atom. The first-order chi connectivity index (χ1) is 6.63. The van der Waals surface area contributed by atoms with Crippen LogP contribution in [0.3, 0.4) is 0 Å². The molecule has 0 aliphatic rings. The summed E-state index contributed by atoms with van der Waals surface area (Å²) in [6.45, 7) is 5.38. The van der Waals surface area contributed by atoms with Gasteiger partial charge in [-0.3, -0.25) is 0 Å². The van der Waals surface area contributed by atoms with E-state index in [4.69, 9.17) is 5.11 Å². The van der Waals surface area contributed by atoms with Crippen LogP contribution in [0.1, 0.15) is 13.3 Å². The Kier molecular flexibility index (Phi) is 6.92. The van der Waals surface area contributed by atoms with Crippen molar-refractivity contribution in [3.05, 3.63) is 12.7 Å². The highest BCUT2D eigenvalue weighted by Crippen LogP contribution is 2.14. The quantitative estimate of drug-likeness (QED) is 0.305. The molecule has 0 radical (unpaired) electrons. The third-order valence-electron chi connectivity index (χ3n) is 1.48. The molecule has 0 bridgehead atoms. The molecular weight excluding hydrogens is 202 g/mol. The van der Waals surface area contributed by atoms with Gasteiger partial charge in [0, 0.05) is 0 Å². The fourth-order valence-electron chi connectivity index (χ4n) is 0.793. The van der Waals surface area contributed by atoms with Crippen molar-refractivity contribution >= 4 is 23.4 Å². The zero-order chi connectivity index (χ0) is 11.0. The number of thioether (sulfide) groups is 1. The normalized spacial score (nSPS) is 13.4. The lowest BCUT2D eigenvalue weighted by molar-refractivity contribution is -0.129. The molecule has 0 saturated heterocycles. The van der Waals surface area contributed by atoms with Crippen molar-refractivity contribution in [2.75, 3.05) is 12.9 Å². The van der Waals surface area contributed by atoms with E-state index in [9.17, 15) is 4.79 Å². The highest BCUT2D eigenvalue weighted by Gasteiger charge is 2.19. The summed E-state index contributed by atoms with van der Waals surface area (Å²) in [6.07, 6.45) is 2.66. The van der Waals surface area contributed by atoms with E-state index in [2.05, 4.69) is 16.6 Å². The van der Waals surface area contributed by atoms with Crippen LogP contribution in [0.15, 0.2) is 17.8 Å². The Hall–Kier alpha value is -0.970. The number of hydrogen-bond donors (Lipinski definition) is 1. The van der Waals surface area contributed by atoms with Gasteiger partial charge in [-0.05, 0) is 19.1 Å². The molecule has 0 aromatic heterocycles. The van der Waals surface area contributed by atoms with Crippen molar-refractivity contribution < 1.29 is 14.7 Å². The van der Waals surface area contributed by atoms with Gasteiger partial charge in [0.2, 0.25) is 0 Å². The first-order valence-corrected chi connectivity index (χ1v) is 5.25. The largest absolute Gasteiger partial charge is 0.477 e. The number of carboxylic acid groups (broad SMARTS) is 1. The average molecular weight is 217 g/mol. The molecule has 1 N–H and O–H groups in total. The van der Waals surface area contributed by atoms with Crippen LogP contribution in [0.5, 0.6) is 0 Å². The molecule has 14 heavy (non-hydrogen) atoms. The van der Waals surface area contributed by atoms with E-state index < -0.39 is 5.97 Å². The van der Waals surface area contributed by atoms with Crippen LogP contribution in [0.4, 0.5) is 0 Å². The lowest BCUT2D eigenvalue weighted by atomic mass is 10.3. The van der Waals surface area contributed by atoms with Gasteiger partial charge in [-0.2, -0.15) is 11.8 Å². The number of rotatable bonds is 7. The van der Waals surface area contributed by atoms with Crippen LogP contribution in [0, 0.1) is 0 Å². The van der Waals surface area contributed by atoms with Crippen LogP contribution in [0.2, 0.25) is 0 Å². The second-order valence-electron chi connectivity index (χ2n) is 2.55. The molecule has 0 heterocycles. The molecule has 0 amide bonds. The van der Waals surface area contributed by atoms with Crippen molar-refractivity contribution in [3.63, 3.8) is 0 Å². The standard InChI is InChI=1S/C9H15NO3S/c1-4-5-6-14-7(2)8(9(11)12)10-13-3/h4,7H,1,5-6H2,2-3H3,(H,11,12). The van der Waals surface area contributed by atoms with Gasteiger partial charge in [0.15, 0.2) is 5.71 Å². The minimum absolute atomic E-state index is 0.0431. The smallest absolute Gasteiger partial charge is 0.354 e. The van der Waals surface area contributed by atoms with Gasteiger partial charge in [0.05, 0.1) is 5.25 Å². The molecule has 0 fully saturated rings. The second-order valence-corrected chi connectivity index (χ2v) is 4.00. The van der Waals surface area contributed by atoms with Crippen molar-refractivity contribution in [1.82, 2.24) is 0 Å². The zero-order valence-electron chi connectivity index (χ0n) is 8.40. The molecule has 0 rings (SSSR count). The molecule has 0 aromatic carbocycles. The number of oxime groups is 1. The number of aliphatic carboxylic acids is 1. The lowest BCUT2D eigenvalue weighted by Gasteiger charge is -2.09. The first kappa shape index (κ1) is 13.0. The van der Waals surface area contributed by atoms with Gasteiger partial charge in [-0.1, -0.05) is 11.2 Å². The van der Waals surface area contributed by atoms with Crippen LogP contribution < -0.4 is 0 Å². The lowest BCUT2D eigenvalue weighted by Crippen LogP contribution is -2.24.